The number of nitro groups is 1. The Morgan fingerprint density at radius 2 is 2.22 bits per heavy atom. The van der Waals surface area contributed by atoms with Crippen molar-refractivity contribution < 1.29 is 9.72 Å². The zero-order valence-electron chi connectivity index (χ0n) is 12.3. The van der Waals surface area contributed by atoms with Crippen molar-refractivity contribution in [1.29, 1.82) is 0 Å². The maximum atomic E-state index is 12.4. The zero-order chi connectivity index (χ0) is 16.4. The maximum Gasteiger partial charge on any atom is 0.270 e. The number of nitro benzene ring substituents is 1. The number of pyridine rings is 1. The second-order valence-electron chi connectivity index (χ2n) is 5.54. The molecule has 120 valence electrons. The van der Waals surface area contributed by atoms with Crippen molar-refractivity contribution in [3.8, 4) is 0 Å². The lowest BCUT2D eigenvalue weighted by atomic mass is 10.1. The summed E-state index contributed by atoms with van der Waals surface area (Å²) >= 11 is 0. The van der Waals surface area contributed by atoms with Crippen molar-refractivity contribution in [1.82, 2.24) is 15.6 Å². The molecule has 0 bridgehead atoms. The number of H-pyrrole nitrogens is 1. The molecule has 0 spiro atoms. The number of carbonyl (C=O) groups is 1. The van der Waals surface area contributed by atoms with Gasteiger partial charge in [-0.1, -0.05) is 0 Å². The van der Waals surface area contributed by atoms with Gasteiger partial charge in [-0.3, -0.25) is 19.7 Å². The molecule has 8 heteroatoms. The third-order valence-electron chi connectivity index (χ3n) is 3.95. The van der Waals surface area contributed by atoms with Crippen LogP contribution in [0.3, 0.4) is 0 Å². The predicted octanol–water partition coefficient (Wildman–Crippen LogP) is 0.918. The average molecular weight is 316 g/mol. The third kappa shape index (κ3) is 3.21. The number of non-ortho nitro benzene ring substituents is 1. The molecule has 0 aliphatic carbocycles. The minimum absolute atomic E-state index is 0.129. The molecule has 0 saturated carbocycles. The molecule has 23 heavy (non-hydrogen) atoms. The van der Waals surface area contributed by atoms with Crippen LogP contribution < -0.4 is 16.2 Å². The number of amides is 1. The number of aromatic amines is 1. The highest BCUT2D eigenvalue weighted by Gasteiger charge is 2.18. The van der Waals surface area contributed by atoms with Gasteiger partial charge in [0.15, 0.2) is 0 Å². The number of nitrogens with one attached hydrogen (secondary N) is 3. The first kappa shape index (κ1) is 15.2. The molecule has 1 fully saturated rings. The van der Waals surface area contributed by atoms with E-state index in [9.17, 15) is 19.7 Å². The lowest BCUT2D eigenvalue weighted by molar-refractivity contribution is -0.384. The lowest BCUT2D eigenvalue weighted by Crippen LogP contribution is -2.37. The van der Waals surface area contributed by atoms with Gasteiger partial charge in [-0.25, -0.2) is 0 Å². The first-order valence-electron chi connectivity index (χ1n) is 7.37. The Bertz CT molecular complexity index is 824. The standard InChI is InChI=1S/C15H16N4O4/c20-14-7-12(15(21)17-8-9-2-1-5-16-9)11-6-10(19(22)23)3-4-13(11)18-14/h3-4,6-7,9,16H,1-2,5,8H2,(H,17,21)(H,18,20). The van der Waals surface area contributed by atoms with E-state index in [4.69, 9.17) is 0 Å². The van der Waals surface area contributed by atoms with Gasteiger partial charge < -0.3 is 15.6 Å². The van der Waals surface area contributed by atoms with E-state index in [-0.39, 0.29) is 17.3 Å². The first-order chi connectivity index (χ1) is 11.0. The lowest BCUT2D eigenvalue weighted by Gasteiger charge is -2.12. The highest BCUT2D eigenvalue weighted by atomic mass is 16.6. The van der Waals surface area contributed by atoms with E-state index >= 15 is 0 Å². The molecule has 1 atom stereocenters. The van der Waals surface area contributed by atoms with Gasteiger partial charge in [-0.2, -0.15) is 0 Å². The maximum absolute atomic E-state index is 12.4. The van der Waals surface area contributed by atoms with Crippen LogP contribution in [0, 0.1) is 10.1 Å². The van der Waals surface area contributed by atoms with Crippen LogP contribution in [0.4, 0.5) is 5.69 Å². The fourth-order valence-corrected chi connectivity index (χ4v) is 2.79. The number of hydrogen-bond acceptors (Lipinski definition) is 5. The molecular weight excluding hydrogens is 300 g/mol. The summed E-state index contributed by atoms with van der Waals surface area (Å²) in [6.07, 6.45) is 2.06. The summed E-state index contributed by atoms with van der Waals surface area (Å²) in [5.74, 6) is -0.407. The van der Waals surface area contributed by atoms with E-state index in [1.54, 1.807) is 0 Å². The summed E-state index contributed by atoms with van der Waals surface area (Å²) in [6.45, 7) is 1.39. The van der Waals surface area contributed by atoms with E-state index in [1.165, 1.54) is 24.3 Å². The molecule has 1 aromatic heterocycles. The summed E-state index contributed by atoms with van der Waals surface area (Å²) in [7, 11) is 0. The fraction of sp³-hybridized carbons (Fsp3) is 0.333. The number of aromatic nitrogens is 1. The normalized spacial score (nSPS) is 17.3. The van der Waals surface area contributed by atoms with Gasteiger partial charge >= 0.3 is 0 Å². The van der Waals surface area contributed by atoms with Gasteiger partial charge in [-0.05, 0) is 25.5 Å². The summed E-state index contributed by atoms with van der Waals surface area (Å²) in [4.78, 5) is 37.1. The topological polar surface area (TPSA) is 117 Å². The summed E-state index contributed by atoms with van der Waals surface area (Å²) in [6, 6.07) is 5.42. The van der Waals surface area contributed by atoms with Crippen molar-refractivity contribution in [2.75, 3.05) is 13.1 Å². The van der Waals surface area contributed by atoms with Crippen LogP contribution in [0.2, 0.25) is 0 Å². The molecule has 2 heterocycles. The van der Waals surface area contributed by atoms with Crippen LogP contribution in [0.5, 0.6) is 0 Å². The molecule has 3 N–H and O–H groups in total. The Morgan fingerprint density at radius 3 is 2.91 bits per heavy atom. The van der Waals surface area contributed by atoms with E-state index in [1.807, 2.05) is 0 Å². The Morgan fingerprint density at radius 1 is 1.39 bits per heavy atom. The van der Waals surface area contributed by atoms with Crippen LogP contribution in [-0.4, -0.2) is 34.9 Å². The number of carbonyl (C=O) groups excluding carboxylic acids is 1. The van der Waals surface area contributed by atoms with Gasteiger partial charge in [0.2, 0.25) is 5.56 Å². The molecule has 8 nitrogen and oxygen atoms in total. The predicted molar refractivity (Wildman–Crippen MR) is 84.6 cm³/mol. The highest BCUT2D eigenvalue weighted by Crippen LogP contribution is 2.21. The monoisotopic (exact) mass is 316 g/mol. The third-order valence-corrected chi connectivity index (χ3v) is 3.95. The number of hydrogen-bond donors (Lipinski definition) is 3. The average Bonchev–Trinajstić information content (AvgIpc) is 3.04. The molecule has 3 rings (SSSR count). The smallest absolute Gasteiger partial charge is 0.270 e. The molecular formula is C15H16N4O4. The van der Waals surface area contributed by atoms with E-state index in [0.717, 1.165) is 19.4 Å². The molecule has 2 aromatic rings. The van der Waals surface area contributed by atoms with Gasteiger partial charge in [0.25, 0.3) is 11.6 Å². The Hall–Kier alpha value is -2.74. The van der Waals surface area contributed by atoms with E-state index in [0.29, 0.717) is 17.4 Å². The minimum Gasteiger partial charge on any atom is -0.350 e. The SMILES string of the molecule is O=C(NCC1CCCN1)c1cc(=O)[nH]c2ccc([N+](=O)[O-])cc12. The van der Waals surface area contributed by atoms with Crippen molar-refractivity contribution in [2.24, 2.45) is 0 Å². The van der Waals surface area contributed by atoms with Gasteiger partial charge in [-0.15, -0.1) is 0 Å². The molecule has 1 amide bonds. The van der Waals surface area contributed by atoms with E-state index < -0.39 is 16.4 Å². The minimum atomic E-state index is -0.533. The van der Waals surface area contributed by atoms with Crippen molar-refractivity contribution in [3.63, 3.8) is 0 Å². The Labute approximate surface area is 131 Å². The van der Waals surface area contributed by atoms with Crippen molar-refractivity contribution >= 4 is 22.5 Å². The molecule has 1 aliphatic heterocycles. The molecule has 0 radical (unpaired) electrons. The molecule has 1 unspecified atom stereocenters. The van der Waals surface area contributed by atoms with Gasteiger partial charge in [0, 0.05) is 41.7 Å². The van der Waals surface area contributed by atoms with Crippen molar-refractivity contribution in [2.45, 2.75) is 18.9 Å². The molecule has 1 saturated heterocycles. The summed E-state index contributed by atoms with van der Waals surface area (Å²) in [5, 5.41) is 17.3. The Kier molecular flexibility index (Phi) is 4.07. The number of fused-ring (bicyclic) bond motifs is 1. The largest absolute Gasteiger partial charge is 0.350 e. The second kappa shape index (κ2) is 6.17. The summed E-state index contributed by atoms with van der Waals surface area (Å²) in [5.41, 5.74) is -0.00996. The molecule has 1 aliphatic rings. The van der Waals surface area contributed by atoms with Crippen LogP contribution in [0.15, 0.2) is 29.1 Å². The first-order valence-corrected chi connectivity index (χ1v) is 7.37. The number of benzene rings is 1. The van der Waals surface area contributed by atoms with Gasteiger partial charge in [0.1, 0.15) is 0 Å². The van der Waals surface area contributed by atoms with Crippen LogP contribution in [0.1, 0.15) is 23.2 Å². The van der Waals surface area contributed by atoms with Crippen LogP contribution in [0.25, 0.3) is 10.9 Å². The fourth-order valence-electron chi connectivity index (χ4n) is 2.79. The van der Waals surface area contributed by atoms with Crippen LogP contribution in [-0.2, 0) is 0 Å². The quantitative estimate of drug-likeness (QED) is 0.572. The number of rotatable bonds is 4. The van der Waals surface area contributed by atoms with E-state index in [2.05, 4.69) is 15.6 Å². The second-order valence-corrected chi connectivity index (χ2v) is 5.54. The number of nitrogens with zero attached hydrogens (tertiary/aromatic N) is 1. The van der Waals surface area contributed by atoms with Gasteiger partial charge in [0.05, 0.1) is 10.5 Å². The highest BCUT2D eigenvalue weighted by molar-refractivity contribution is 6.06. The van der Waals surface area contributed by atoms with Crippen LogP contribution >= 0.6 is 0 Å². The molecule has 1 aromatic carbocycles. The Balaban J connectivity index is 1.93. The zero-order valence-corrected chi connectivity index (χ0v) is 12.3. The van der Waals surface area contributed by atoms with Crippen molar-refractivity contribution in [3.05, 3.63) is 50.3 Å². The summed E-state index contributed by atoms with van der Waals surface area (Å²) < 4.78 is 0.